The van der Waals surface area contributed by atoms with E-state index in [9.17, 15) is 14.7 Å². The van der Waals surface area contributed by atoms with E-state index in [1.807, 2.05) is 6.92 Å². The summed E-state index contributed by atoms with van der Waals surface area (Å²) in [5.74, 6) is -0.988. The summed E-state index contributed by atoms with van der Waals surface area (Å²) in [6.45, 7) is 2.29. The van der Waals surface area contributed by atoms with Crippen LogP contribution in [-0.4, -0.2) is 33.3 Å². The summed E-state index contributed by atoms with van der Waals surface area (Å²) in [6, 6.07) is 12.4. The van der Waals surface area contributed by atoms with Crippen molar-refractivity contribution in [3.05, 3.63) is 88.6 Å². The number of benzene rings is 1. The number of aliphatic hydroxyl groups excluding tert-OH is 1. The third-order valence-electron chi connectivity index (χ3n) is 4.92. The summed E-state index contributed by atoms with van der Waals surface area (Å²) in [4.78, 5) is 31.6. The lowest BCUT2D eigenvalue weighted by Crippen LogP contribution is -2.29. The third-order valence-corrected chi connectivity index (χ3v) is 5.25. The first kappa shape index (κ1) is 20.7. The second-order valence-corrected chi connectivity index (χ2v) is 7.24. The number of aromatic nitrogens is 1. The molecule has 4 rings (SSSR count). The quantitative estimate of drug-likeness (QED) is 0.349. The van der Waals surface area contributed by atoms with Gasteiger partial charge in [-0.15, -0.1) is 0 Å². The van der Waals surface area contributed by atoms with Crippen molar-refractivity contribution in [2.24, 2.45) is 0 Å². The molecule has 1 atom stereocenters. The molecule has 1 N–H and O–H groups in total. The zero-order chi connectivity index (χ0) is 22.0. The standard InChI is InChI=1S/C23H19ClN2O5/c1-2-30-14-8-9-17(24)16(12-14)21(27)19-20(18-7-3-4-10-25-18)26(23(29)22(19)28)13-15-6-5-11-31-15/h3-12,20,27H,2,13H2,1H3/b21-19+. The predicted octanol–water partition coefficient (Wildman–Crippen LogP) is 4.35. The van der Waals surface area contributed by atoms with Gasteiger partial charge in [-0.25, -0.2) is 0 Å². The van der Waals surface area contributed by atoms with Crippen molar-refractivity contribution in [2.75, 3.05) is 6.61 Å². The Balaban J connectivity index is 1.87. The second-order valence-electron chi connectivity index (χ2n) is 6.84. The molecule has 7 nitrogen and oxygen atoms in total. The van der Waals surface area contributed by atoms with E-state index in [-0.39, 0.29) is 28.5 Å². The first-order valence-corrected chi connectivity index (χ1v) is 10.0. The molecule has 2 aromatic heterocycles. The highest BCUT2D eigenvalue weighted by molar-refractivity contribution is 6.46. The largest absolute Gasteiger partial charge is 0.507 e. The molecule has 3 aromatic rings. The average molecular weight is 439 g/mol. The van der Waals surface area contributed by atoms with Crippen molar-refractivity contribution in [1.82, 2.24) is 9.88 Å². The lowest BCUT2D eigenvalue weighted by atomic mass is 9.98. The summed E-state index contributed by atoms with van der Waals surface area (Å²) >= 11 is 6.31. The molecule has 8 heteroatoms. The van der Waals surface area contributed by atoms with Gasteiger partial charge in [-0.3, -0.25) is 14.6 Å². The van der Waals surface area contributed by atoms with Crippen LogP contribution in [0.2, 0.25) is 5.02 Å². The van der Waals surface area contributed by atoms with Crippen LogP contribution in [0.5, 0.6) is 5.75 Å². The number of Topliss-reactive ketones (excluding diaryl/α,β-unsaturated/α-hetero) is 1. The number of aliphatic hydroxyl groups is 1. The van der Waals surface area contributed by atoms with Crippen molar-refractivity contribution in [2.45, 2.75) is 19.5 Å². The van der Waals surface area contributed by atoms with Crippen molar-refractivity contribution in [1.29, 1.82) is 0 Å². The highest BCUT2D eigenvalue weighted by Gasteiger charge is 2.47. The molecule has 0 aliphatic carbocycles. The molecule has 3 heterocycles. The van der Waals surface area contributed by atoms with E-state index in [4.69, 9.17) is 20.8 Å². The Hall–Kier alpha value is -3.58. The maximum absolute atomic E-state index is 13.0. The molecule has 31 heavy (non-hydrogen) atoms. The van der Waals surface area contributed by atoms with Gasteiger partial charge in [-0.1, -0.05) is 17.7 Å². The first-order chi connectivity index (χ1) is 15.0. The van der Waals surface area contributed by atoms with Crippen molar-refractivity contribution < 1.29 is 23.8 Å². The maximum Gasteiger partial charge on any atom is 0.296 e. The Bertz CT molecular complexity index is 1140. The van der Waals surface area contributed by atoms with Gasteiger partial charge in [-0.05, 0) is 49.4 Å². The van der Waals surface area contributed by atoms with Crippen LogP contribution in [0, 0.1) is 0 Å². The van der Waals surface area contributed by atoms with Gasteiger partial charge in [0.1, 0.15) is 23.3 Å². The van der Waals surface area contributed by atoms with Gasteiger partial charge in [0.25, 0.3) is 11.7 Å². The number of halogens is 1. The summed E-state index contributed by atoms with van der Waals surface area (Å²) in [6.07, 6.45) is 3.05. The molecule has 0 radical (unpaired) electrons. The fourth-order valence-electron chi connectivity index (χ4n) is 3.55. The molecule has 1 aromatic carbocycles. The lowest BCUT2D eigenvalue weighted by molar-refractivity contribution is -0.140. The molecule has 0 spiro atoms. The van der Waals surface area contributed by atoms with Crippen LogP contribution < -0.4 is 4.74 Å². The van der Waals surface area contributed by atoms with Gasteiger partial charge in [0.15, 0.2) is 0 Å². The van der Waals surface area contributed by atoms with Gasteiger partial charge in [0, 0.05) is 11.8 Å². The van der Waals surface area contributed by atoms with Crippen LogP contribution in [0.15, 0.2) is 71.0 Å². The summed E-state index contributed by atoms with van der Waals surface area (Å²) < 4.78 is 10.8. The van der Waals surface area contributed by atoms with Crippen LogP contribution in [0.1, 0.15) is 30.0 Å². The zero-order valence-electron chi connectivity index (χ0n) is 16.6. The SMILES string of the molecule is CCOc1ccc(Cl)c(/C(O)=C2\C(=O)C(=O)N(Cc3ccco3)C2c2ccccn2)c1. The fourth-order valence-corrected chi connectivity index (χ4v) is 3.75. The molecule has 158 valence electrons. The van der Waals surface area contributed by atoms with Gasteiger partial charge in [0.2, 0.25) is 0 Å². The molecule has 0 saturated carbocycles. The Morgan fingerprint density at radius 1 is 1.23 bits per heavy atom. The number of likely N-dealkylation sites (tertiary alicyclic amines) is 1. The van der Waals surface area contributed by atoms with Gasteiger partial charge in [-0.2, -0.15) is 0 Å². The summed E-state index contributed by atoms with van der Waals surface area (Å²) in [7, 11) is 0. The van der Waals surface area contributed by atoms with E-state index < -0.39 is 17.7 Å². The highest BCUT2D eigenvalue weighted by atomic mass is 35.5. The average Bonchev–Trinajstić information content (AvgIpc) is 3.38. The van der Waals surface area contributed by atoms with Crippen LogP contribution in [-0.2, 0) is 16.1 Å². The molecule has 1 amide bonds. The normalized spacial score (nSPS) is 17.9. The smallest absolute Gasteiger partial charge is 0.296 e. The van der Waals surface area contributed by atoms with Crippen molar-refractivity contribution >= 4 is 29.1 Å². The molecule has 1 aliphatic heterocycles. The Morgan fingerprint density at radius 2 is 2.06 bits per heavy atom. The Kier molecular flexibility index (Phi) is 5.77. The van der Waals surface area contributed by atoms with E-state index in [1.54, 1.807) is 48.7 Å². The Labute approximate surface area is 183 Å². The number of nitrogens with zero attached hydrogens (tertiary/aromatic N) is 2. The molecular weight excluding hydrogens is 420 g/mol. The summed E-state index contributed by atoms with van der Waals surface area (Å²) in [5, 5.41) is 11.4. The molecular formula is C23H19ClN2O5. The minimum absolute atomic E-state index is 0.0440. The van der Waals surface area contributed by atoms with E-state index in [2.05, 4.69) is 4.98 Å². The molecule has 1 fully saturated rings. The second kappa shape index (κ2) is 8.65. The van der Waals surface area contributed by atoms with Gasteiger partial charge in [0.05, 0.1) is 35.7 Å². The number of hydrogen-bond donors (Lipinski definition) is 1. The number of ketones is 1. The highest BCUT2D eigenvalue weighted by Crippen LogP contribution is 2.41. The number of ether oxygens (including phenoxy) is 1. The van der Waals surface area contributed by atoms with E-state index >= 15 is 0 Å². The van der Waals surface area contributed by atoms with Crippen LogP contribution in [0.3, 0.4) is 0 Å². The third kappa shape index (κ3) is 3.92. The maximum atomic E-state index is 13.0. The zero-order valence-corrected chi connectivity index (χ0v) is 17.4. The summed E-state index contributed by atoms with van der Waals surface area (Å²) in [5.41, 5.74) is 0.544. The number of amides is 1. The minimum Gasteiger partial charge on any atom is -0.507 e. The van der Waals surface area contributed by atoms with E-state index in [0.29, 0.717) is 23.8 Å². The molecule has 1 unspecified atom stereocenters. The minimum atomic E-state index is -0.905. The van der Waals surface area contributed by atoms with E-state index in [0.717, 1.165) is 0 Å². The Morgan fingerprint density at radius 3 is 2.74 bits per heavy atom. The first-order valence-electron chi connectivity index (χ1n) is 9.65. The van der Waals surface area contributed by atoms with Gasteiger partial charge < -0.3 is 19.2 Å². The molecule has 0 bridgehead atoms. The molecule has 1 saturated heterocycles. The van der Waals surface area contributed by atoms with Crippen molar-refractivity contribution in [3.8, 4) is 5.75 Å². The topological polar surface area (TPSA) is 92.9 Å². The van der Waals surface area contributed by atoms with E-state index in [1.165, 1.54) is 17.2 Å². The number of furan rings is 1. The molecule has 1 aliphatic rings. The number of carbonyl (C=O) groups is 2. The predicted molar refractivity (Wildman–Crippen MR) is 113 cm³/mol. The van der Waals surface area contributed by atoms with Crippen LogP contribution in [0.4, 0.5) is 0 Å². The lowest BCUT2D eigenvalue weighted by Gasteiger charge is -2.23. The van der Waals surface area contributed by atoms with Crippen molar-refractivity contribution in [3.63, 3.8) is 0 Å². The number of hydrogen-bond acceptors (Lipinski definition) is 6. The number of carbonyl (C=O) groups excluding carboxylic acids is 2. The fraction of sp³-hybridized carbons (Fsp3) is 0.174. The van der Waals surface area contributed by atoms with Crippen LogP contribution in [0.25, 0.3) is 5.76 Å². The number of rotatable bonds is 6. The monoisotopic (exact) mass is 438 g/mol. The van der Waals surface area contributed by atoms with Crippen LogP contribution >= 0.6 is 11.6 Å². The number of pyridine rings is 1. The van der Waals surface area contributed by atoms with Gasteiger partial charge >= 0.3 is 0 Å².